The molecule has 1 aliphatic carbocycles. The van der Waals surface area contributed by atoms with Crippen LogP contribution in [0.1, 0.15) is 37.9 Å². The van der Waals surface area contributed by atoms with Crippen LogP contribution in [0.25, 0.3) is 10.9 Å². The lowest BCUT2D eigenvalue weighted by molar-refractivity contribution is -0.118. The van der Waals surface area contributed by atoms with Crippen molar-refractivity contribution >= 4 is 22.5 Å². The summed E-state index contributed by atoms with van der Waals surface area (Å²) in [6.45, 7) is 3.08. The third-order valence-corrected chi connectivity index (χ3v) is 6.54. The zero-order valence-electron chi connectivity index (χ0n) is 18.7. The Morgan fingerprint density at radius 2 is 1.85 bits per heavy atom. The number of phenols is 1. The molecule has 0 bridgehead atoms. The average molecular weight is 457 g/mol. The number of aliphatic hydroxyl groups excluding tert-OH is 3. The molecule has 1 heterocycles. The lowest BCUT2D eigenvalue weighted by atomic mass is 9.90. The summed E-state index contributed by atoms with van der Waals surface area (Å²) in [6, 6.07) is 11.1. The van der Waals surface area contributed by atoms with Crippen LogP contribution in [0.15, 0.2) is 42.5 Å². The second-order valence-corrected chi connectivity index (χ2v) is 9.49. The van der Waals surface area contributed by atoms with E-state index in [2.05, 4.69) is 5.32 Å². The normalized spacial score (nSPS) is 16.1. The molecule has 176 valence electrons. The van der Waals surface area contributed by atoms with Crippen LogP contribution in [0.5, 0.6) is 5.75 Å². The maximum atomic E-state index is 15.1. The molecule has 3 aromatic rings. The maximum Gasteiger partial charge on any atom is 0.235 e. The Hall–Kier alpha value is -2.94. The standard InChI is InChI=1S/C25H29FN2O5/c1-24(2,14-30)22-10-15-9-20(19(26)11-21(15)28(22)12-18(32)13-29)27-23(33)25(7-8-25)16-3-5-17(31)6-4-16/h3-6,9-11,18,29-32H,7-8,12-14H2,1-2H3,(H,27,33). The second-order valence-electron chi connectivity index (χ2n) is 9.49. The van der Waals surface area contributed by atoms with Gasteiger partial charge in [0.2, 0.25) is 5.91 Å². The van der Waals surface area contributed by atoms with Crippen molar-refractivity contribution in [3.05, 3.63) is 59.5 Å². The smallest absolute Gasteiger partial charge is 0.235 e. The quantitative estimate of drug-likeness (QED) is 0.358. The Kier molecular flexibility index (Phi) is 5.94. The van der Waals surface area contributed by atoms with E-state index in [0.717, 1.165) is 5.56 Å². The van der Waals surface area contributed by atoms with E-state index >= 15 is 4.39 Å². The number of aliphatic hydroxyl groups is 3. The molecule has 1 unspecified atom stereocenters. The fraction of sp³-hybridized carbons (Fsp3) is 0.400. The number of carbonyl (C=O) groups excluding carboxylic acids is 1. The van der Waals surface area contributed by atoms with Crippen molar-refractivity contribution in [2.24, 2.45) is 0 Å². The number of phenolic OH excluding ortho intramolecular Hbond substituents is 1. The summed E-state index contributed by atoms with van der Waals surface area (Å²) in [7, 11) is 0. The summed E-state index contributed by atoms with van der Waals surface area (Å²) < 4.78 is 16.8. The third-order valence-electron chi connectivity index (χ3n) is 6.54. The van der Waals surface area contributed by atoms with E-state index in [4.69, 9.17) is 0 Å². The molecular formula is C25H29FN2O5. The van der Waals surface area contributed by atoms with Crippen LogP contribution in [0.2, 0.25) is 0 Å². The Labute approximate surface area is 191 Å². The van der Waals surface area contributed by atoms with Crippen LogP contribution in [0, 0.1) is 5.82 Å². The number of amides is 1. The van der Waals surface area contributed by atoms with Crippen molar-refractivity contribution in [3.8, 4) is 5.75 Å². The van der Waals surface area contributed by atoms with Crippen molar-refractivity contribution in [3.63, 3.8) is 0 Å². The van der Waals surface area contributed by atoms with Gasteiger partial charge in [0.15, 0.2) is 0 Å². The third kappa shape index (κ3) is 4.21. The Balaban J connectivity index is 1.70. The van der Waals surface area contributed by atoms with Crippen LogP contribution in [0.4, 0.5) is 10.1 Å². The number of nitrogens with one attached hydrogen (secondary N) is 1. The molecule has 0 radical (unpaired) electrons. The highest BCUT2D eigenvalue weighted by Crippen LogP contribution is 2.49. The number of anilines is 1. The van der Waals surface area contributed by atoms with Crippen molar-refractivity contribution in [1.29, 1.82) is 0 Å². The molecular weight excluding hydrogens is 427 g/mol. The molecule has 2 aromatic carbocycles. The van der Waals surface area contributed by atoms with Crippen LogP contribution in [0.3, 0.4) is 0 Å². The fourth-order valence-electron chi connectivity index (χ4n) is 4.28. The van der Waals surface area contributed by atoms with Gasteiger partial charge in [0.05, 0.1) is 42.5 Å². The minimum absolute atomic E-state index is 0.0356. The first-order valence-electron chi connectivity index (χ1n) is 11.0. The number of hydrogen-bond acceptors (Lipinski definition) is 5. The Bertz CT molecular complexity index is 1180. The molecule has 1 amide bonds. The predicted molar refractivity (Wildman–Crippen MR) is 123 cm³/mol. The summed E-state index contributed by atoms with van der Waals surface area (Å²) >= 11 is 0. The van der Waals surface area contributed by atoms with Gasteiger partial charge >= 0.3 is 0 Å². The van der Waals surface area contributed by atoms with Crippen LogP contribution < -0.4 is 5.32 Å². The first kappa shape index (κ1) is 23.2. The van der Waals surface area contributed by atoms with Gasteiger partial charge in [-0.2, -0.15) is 0 Å². The molecule has 5 N–H and O–H groups in total. The Morgan fingerprint density at radius 1 is 1.18 bits per heavy atom. The van der Waals surface area contributed by atoms with E-state index in [0.29, 0.717) is 29.4 Å². The second kappa shape index (κ2) is 8.44. The molecule has 1 aliphatic rings. The van der Waals surface area contributed by atoms with E-state index < -0.39 is 29.4 Å². The minimum Gasteiger partial charge on any atom is -0.508 e. The van der Waals surface area contributed by atoms with Crippen LogP contribution in [-0.2, 0) is 22.2 Å². The van der Waals surface area contributed by atoms with Gasteiger partial charge in [-0.15, -0.1) is 0 Å². The fourth-order valence-corrected chi connectivity index (χ4v) is 4.28. The molecule has 0 spiro atoms. The predicted octanol–water partition coefficient (Wildman–Crippen LogP) is 2.78. The number of benzene rings is 2. The number of aromatic nitrogens is 1. The highest BCUT2D eigenvalue weighted by Gasteiger charge is 2.51. The molecule has 4 rings (SSSR count). The molecule has 1 aromatic heterocycles. The minimum atomic E-state index is -1.05. The van der Waals surface area contributed by atoms with E-state index in [1.54, 1.807) is 28.8 Å². The Morgan fingerprint density at radius 3 is 2.42 bits per heavy atom. The van der Waals surface area contributed by atoms with E-state index in [1.165, 1.54) is 18.2 Å². The summed E-state index contributed by atoms with van der Waals surface area (Å²) in [5.74, 6) is -0.815. The van der Waals surface area contributed by atoms with Gasteiger partial charge in [0.25, 0.3) is 0 Å². The number of carbonyl (C=O) groups is 1. The molecule has 0 saturated heterocycles. The lowest BCUT2D eigenvalue weighted by Crippen LogP contribution is -2.29. The monoisotopic (exact) mass is 456 g/mol. The summed E-state index contributed by atoms with van der Waals surface area (Å²) in [5, 5.41) is 42.1. The molecule has 0 aliphatic heterocycles. The van der Waals surface area contributed by atoms with E-state index in [-0.39, 0.29) is 30.5 Å². The number of fused-ring (bicyclic) bond motifs is 1. The van der Waals surface area contributed by atoms with Crippen molar-refractivity contribution in [2.45, 2.75) is 50.2 Å². The van der Waals surface area contributed by atoms with Crippen molar-refractivity contribution in [1.82, 2.24) is 4.57 Å². The van der Waals surface area contributed by atoms with Gasteiger partial charge in [0, 0.05) is 22.6 Å². The summed E-state index contributed by atoms with van der Waals surface area (Å²) in [4.78, 5) is 13.1. The van der Waals surface area contributed by atoms with Gasteiger partial charge in [-0.25, -0.2) is 4.39 Å². The maximum absolute atomic E-state index is 15.1. The first-order valence-corrected chi connectivity index (χ1v) is 11.0. The summed E-state index contributed by atoms with van der Waals surface area (Å²) in [5.41, 5.74) is 0.579. The molecule has 1 atom stereocenters. The number of hydrogen-bond donors (Lipinski definition) is 5. The van der Waals surface area contributed by atoms with E-state index in [1.807, 2.05) is 13.8 Å². The molecule has 8 heteroatoms. The number of rotatable bonds is 8. The molecule has 7 nitrogen and oxygen atoms in total. The largest absolute Gasteiger partial charge is 0.508 e. The molecule has 33 heavy (non-hydrogen) atoms. The zero-order chi connectivity index (χ0) is 24.0. The van der Waals surface area contributed by atoms with Gasteiger partial charge in [-0.1, -0.05) is 26.0 Å². The van der Waals surface area contributed by atoms with Gasteiger partial charge in [-0.05, 0) is 42.7 Å². The SMILES string of the molecule is CC(C)(CO)c1cc2cc(NC(=O)C3(c4ccc(O)cc4)CC3)c(F)cc2n1CC(O)CO. The van der Waals surface area contributed by atoms with Crippen molar-refractivity contribution in [2.75, 3.05) is 18.5 Å². The zero-order valence-corrected chi connectivity index (χ0v) is 18.7. The lowest BCUT2D eigenvalue weighted by Gasteiger charge is -2.25. The highest BCUT2D eigenvalue weighted by atomic mass is 19.1. The van der Waals surface area contributed by atoms with Gasteiger partial charge in [0.1, 0.15) is 11.6 Å². The van der Waals surface area contributed by atoms with E-state index in [9.17, 15) is 25.2 Å². The van der Waals surface area contributed by atoms with Crippen molar-refractivity contribution < 1.29 is 29.6 Å². The van der Waals surface area contributed by atoms with Crippen LogP contribution in [-0.4, -0.2) is 50.2 Å². The van der Waals surface area contributed by atoms with Crippen LogP contribution >= 0.6 is 0 Å². The number of nitrogens with zero attached hydrogens (tertiary/aromatic N) is 1. The number of aromatic hydroxyl groups is 1. The highest BCUT2D eigenvalue weighted by molar-refractivity contribution is 6.02. The summed E-state index contributed by atoms with van der Waals surface area (Å²) in [6.07, 6.45) is 0.228. The molecule has 1 fully saturated rings. The van der Waals surface area contributed by atoms with Gasteiger partial charge < -0.3 is 30.3 Å². The average Bonchev–Trinajstić information content (AvgIpc) is 3.53. The number of halogens is 1. The van der Waals surface area contributed by atoms with Gasteiger partial charge in [-0.3, -0.25) is 4.79 Å². The topological polar surface area (TPSA) is 115 Å². The first-order chi connectivity index (χ1) is 15.6. The molecule has 1 saturated carbocycles.